The zero-order valence-corrected chi connectivity index (χ0v) is 11.0. The van der Waals surface area contributed by atoms with Gasteiger partial charge in [-0.2, -0.15) is 0 Å². The molecule has 100 valence electrons. The second-order valence-electron chi connectivity index (χ2n) is 3.53. The number of carbonyl (C=O) groups is 1. The lowest BCUT2D eigenvalue weighted by Gasteiger charge is -2.09. The van der Waals surface area contributed by atoms with Crippen molar-refractivity contribution in [1.29, 1.82) is 0 Å². The Hall–Kier alpha value is -1.93. The predicted molar refractivity (Wildman–Crippen MR) is 68.5 cm³/mol. The van der Waals surface area contributed by atoms with Crippen LogP contribution in [0.15, 0.2) is 39.9 Å². The summed E-state index contributed by atoms with van der Waals surface area (Å²) in [7, 11) is -3.90. The molecule has 0 bridgehead atoms. The molecule has 0 radical (unpaired) electrons. The fourth-order valence-corrected chi connectivity index (χ4v) is 3.46. The minimum Gasteiger partial charge on any atom is -0.478 e. The normalized spacial score (nSPS) is 11.2. The lowest BCUT2D eigenvalue weighted by Crippen LogP contribution is -2.14. The van der Waals surface area contributed by atoms with Crippen molar-refractivity contribution in [2.45, 2.75) is 4.21 Å². The molecule has 0 saturated heterocycles. The molecule has 0 spiro atoms. The number of rotatable bonds is 4. The highest BCUT2D eigenvalue weighted by molar-refractivity contribution is 7.94. The van der Waals surface area contributed by atoms with Gasteiger partial charge in [0.25, 0.3) is 10.0 Å². The number of carboxylic acid groups (broad SMARTS) is 1. The van der Waals surface area contributed by atoms with Gasteiger partial charge in [0.1, 0.15) is 10.0 Å². The average Bonchev–Trinajstić information content (AvgIpc) is 2.81. The molecule has 2 aromatic rings. The zero-order chi connectivity index (χ0) is 14.0. The lowest BCUT2D eigenvalue weighted by molar-refractivity contribution is 0.0698. The Morgan fingerprint density at radius 1 is 1.32 bits per heavy atom. The van der Waals surface area contributed by atoms with Crippen LogP contribution in [0.5, 0.6) is 0 Å². The highest BCUT2D eigenvalue weighted by Gasteiger charge is 2.19. The molecular formula is C11H8FNO4S2. The van der Waals surface area contributed by atoms with E-state index in [1.807, 2.05) is 0 Å². The first-order chi connectivity index (χ1) is 8.90. The number of benzene rings is 1. The standard InChI is InChI=1S/C11H8FNO4S2/c12-7-3-4-8(11(14)15)9(6-7)13-19(16,17)10-2-1-5-18-10/h1-6,13H,(H,14,15). The number of nitrogens with one attached hydrogen (secondary N) is 1. The summed E-state index contributed by atoms with van der Waals surface area (Å²) in [6.07, 6.45) is 0. The van der Waals surface area contributed by atoms with Crippen molar-refractivity contribution in [1.82, 2.24) is 0 Å². The Morgan fingerprint density at radius 3 is 2.63 bits per heavy atom. The molecule has 0 aliphatic heterocycles. The minimum absolute atomic E-state index is 0.0214. The number of hydrogen-bond donors (Lipinski definition) is 2. The molecule has 0 fully saturated rings. The average molecular weight is 301 g/mol. The monoisotopic (exact) mass is 301 g/mol. The molecule has 1 aromatic carbocycles. The number of sulfonamides is 1. The molecule has 2 N–H and O–H groups in total. The molecule has 0 saturated carbocycles. The fourth-order valence-electron chi connectivity index (χ4n) is 1.40. The van der Waals surface area contributed by atoms with Gasteiger partial charge in [0, 0.05) is 0 Å². The van der Waals surface area contributed by atoms with Crippen LogP contribution in [0.4, 0.5) is 10.1 Å². The van der Waals surface area contributed by atoms with Crippen molar-refractivity contribution in [3.63, 3.8) is 0 Å². The molecule has 19 heavy (non-hydrogen) atoms. The molecule has 8 heteroatoms. The van der Waals surface area contributed by atoms with Crippen molar-refractivity contribution in [3.8, 4) is 0 Å². The largest absolute Gasteiger partial charge is 0.478 e. The number of thiophene rings is 1. The van der Waals surface area contributed by atoms with Crippen molar-refractivity contribution in [2.75, 3.05) is 4.72 Å². The fraction of sp³-hybridized carbons (Fsp3) is 0. The second kappa shape index (κ2) is 4.98. The van der Waals surface area contributed by atoms with Gasteiger partial charge in [-0.1, -0.05) is 6.07 Å². The third kappa shape index (κ3) is 2.91. The van der Waals surface area contributed by atoms with Crippen LogP contribution in [0, 0.1) is 5.82 Å². The summed E-state index contributed by atoms with van der Waals surface area (Å²) < 4.78 is 39.1. The van der Waals surface area contributed by atoms with E-state index < -0.39 is 21.8 Å². The molecule has 0 atom stereocenters. The van der Waals surface area contributed by atoms with E-state index in [4.69, 9.17) is 5.11 Å². The summed E-state index contributed by atoms with van der Waals surface area (Å²) in [6, 6.07) is 5.70. The predicted octanol–water partition coefficient (Wildman–Crippen LogP) is 2.39. The Bertz CT molecular complexity index is 710. The van der Waals surface area contributed by atoms with Crippen LogP contribution in [-0.4, -0.2) is 19.5 Å². The molecule has 0 amide bonds. The van der Waals surface area contributed by atoms with Gasteiger partial charge in [0.05, 0.1) is 11.3 Å². The minimum atomic E-state index is -3.90. The first-order valence-electron chi connectivity index (χ1n) is 4.99. The van der Waals surface area contributed by atoms with Crippen LogP contribution in [0.25, 0.3) is 0 Å². The van der Waals surface area contributed by atoms with Crippen molar-refractivity contribution in [3.05, 3.63) is 47.1 Å². The van der Waals surface area contributed by atoms with Gasteiger partial charge in [0.15, 0.2) is 0 Å². The van der Waals surface area contributed by atoms with Crippen LogP contribution in [0.1, 0.15) is 10.4 Å². The summed E-state index contributed by atoms with van der Waals surface area (Å²) in [5.41, 5.74) is -0.623. The van der Waals surface area contributed by atoms with Crippen LogP contribution in [-0.2, 0) is 10.0 Å². The SMILES string of the molecule is O=C(O)c1ccc(F)cc1NS(=O)(=O)c1cccs1. The first-order valence-corrected chi connectivity index (χ1v) is 7.35. The molecule has 1 aromatic heterocycles. The van der Waals surface area contributed by atoms with E-state index in [-0.39, 0.29) is 15.5 Å². The van der Waals surface area contributed by atoms with Crippen LogP contribution in [0.2, 0.25) is 0 Å². The number of hydrogen-bond acceptors (Lipinski definition) is 4. The number of aromatic carboxylic acids is 1. The first kappa shape index (κ1) is 13.5. The summed E-state index contributed by atoms with van der Waals surface area (Å²) in [6.45, 7) is 0. The summed E-state index contributed by atoms with van der Waals surface area (Å²) in [5, 5.41) is 10.5. The van der Waals surface area contributed by atoms with E-state index in [0.29, 0.717) is 0 Å². The molecule has 0 aliphatic carbocycles. The summed E-state index contributed by atoms with van der Waals surface area (Å²) >= 11 is 0.976. The molecule has 0 unspecified atom stereocenters. The van der Waals surface area contributed by atoms with Gasteiger partial charge in [-0.05, 0) is 29.6 Å². The maximum Gasteiger partial charge on any atom is 0.337 e. The van der Waals surface area contributed by atoms with Crippen molar-refractivity contribution >= 4 is 33.0 Å². The molecule has 0 aliphatic rings. The Balaban J connectivity index is 2.44. The van der Waals surface area contributed by atoms with Gasteiger partial charge >= 0.3 is 5.97 Å². The maximum absolute atomic E-state index is 13.1. The lowest BCUT2D eigenvalue weighted by atomic mass is 10.2. The van der Waals surface area contributed by atoms with Crippen LogP contribution >= 0.6 is 11.3 Å². The van der Waals surface area contributed by atoms with E-state index in [2.05, 4.69) is 4.72 Å². The van der Waals surface area contributed by atoms with Crippen molar-refractivity contribution < 1.29 is 22.7 Å². The molecule has 1 heterocycles. The van der Waals surface area contributed by atoms with E-state index in [9.17, 15) is 17.6 Å². The van der Waals surface area contributed by atoms with Gasteiger partial charge in [0.2, 0.25) is 0 Å². The maximum atomic E-state index is 13.1. The van der Waals surface area contributed by atoms with Crippen molar-refractivity contribution in [2.24, 2.45) is 0 Å². The number of carboxylic acids is 1. The molecule has 5 nitrogen and oxygen atoms in total. The quantitative estimate of drug-likeness (QED) is 0.908. The molecular weight excluding hydrogens is 293 g/mol. The van der Waals surface area contributed by atoms with Gasteiger partial charge in [-0.15, -0.1) is 11.3 Å². The van der Waals surface area contributed by atoms with E-state index in [1.165, 1.54) is 6.07 Å². The van der Waals surface area contributed by atoms with Gasteiger partial charge < -0.3 is 5.11 Å². The van der Waals surface area contributed by atoms with Crippen LogP contribution < -0.4 is 4.72 Å². The summed E-state index contributed by atoms with van der Waals surface area (Å²) in [5.74, 6) is -2.07. The third-order valence-corrected chi connectivity index (χ3v) is 4.98. The van der Waals surface area contributed by atoms with Gasteiger partial charge in [-0.3, -0.25) is 4.72 Å². The molecule has 2 rings (SSSR count). The zero-order valence-electron chi connectivity index (χ0n) is 9.33. The third-order valence-electron chi connectivity index (χ3n) is 2.22. The van der Waals surface area contributed by atoms with E-state index in [0.717, 1.165) is 29.5 Å². The Kier molecular flexibility index (Phi) is 3.54. The highest BCUT2D eigenvalue weighted by atomic mass is 32.2. The van der Waals surface area contributed by atoms with E-state index >= 15 is 0 Å². The smallest absolute Gasteiger partial charge is 0.337 e. The van der Waals surface area contributed by atoms with E-state index in [1.54, 1.807) is 11.4 Å². The highest BCUT2D eigenvalue weighted by Crippen LogP contribution is 2.23. The Morgan fingerprint density at radius 2 is 2.05 bits per heavy atom. The summed E-state index contributed by atoms with van der Waals surface area (Å²) in [4.78, 5) is 11.0. The Labute approximate surface area is 112 Å². The van der Waals surface area contributed by atoms with Crippen LogP contribution in [0.3, 0.4) is 0 Å². The van der Waals surface area contributed by atoms with Gasteiger partial charge in [-0.25, -0.2) is 17.6 Å². The number of anilines is 1. The second-order valence-corrected chi connectivity index (χ2v) is 6.39. The topological polar surface area (TPSA) is 83.5 Å². The number of halogens is 1.